The average molecular weight is 466 g/mol. The van der Waals surface area contributed by atoms with Crippen molar-refractivity contribution in [3.05, 3.63) is 34.6 Å². The highest BCUT2D eigenvalue weighted by atomic mass is 32.1. The molecular formula is C22H29F2N5O2S. The van der Waals surface area contributed by atoms with Crippen LogP contribution in [0.1, 0.15) is 60.0 Å². The Morgan fingerprint density at radius 3 is 2.84 bits per heavy atom. The monoisotopic (exact) mass is 465 g/mol. The van der Waals surface area contributed by atoms with Crippen molar-refractivity contribution >= 4 is 17.2 Å². The van der Waals surface area contributed by atoms with Gasteiger partial charge in [0.1, 0.15) is 0 Å². The molecule has 0 spiro atoms. The molecule has 0 atom stereocenters. The number of carbonyl (C=O) groups excluding carboxylic acids is 1. The number of alkyl halides is 2. The second-order valence-corrected chi connectivity index (χ2v) is 9.89. The lowest BCUT2D eigenvalue weighted by molar-refractivity contribution is -0.0230. The number of ether oxygens (including phenoxy) is 1. The molecule has 0 radical (unpaired) electrons. The van der Waals surface area contributed by atoms with Crippen LogP contribution >= 0.6 is 11.3 Å². The lowest BCUT2D eigenvalue weighted by Crippen LogP contribution is -2.38. The standard InChI is InChI=1S/C22H29F2N5O2S/c1-22(23,24)14-31-21-28-18-13-29(11-8-19(18)32-21)10-7-15-2-4-17(5-3-15)27-20(30)16-6-9-25-26-12-16/h6,9,12,15,17H,2-5,7-8,10-11,13-14H2,1H3,(H,27,30). The molecule has 0 saturated heterocycles. The van der Waals surface area contributed by atoms with Gasteiger partial charge in [-0.15, -0.1) is 0 Å². The average Bonchev–Trinajstić information content (AvgIpc) is 3.20. The largest absolute Gasteiger partial charge is 0.464 e. The zero-order valence-electron chi connectivity index (χ0n) is 18.2. The van der Waals surface area contributed by atoms with Crippen LogP contribution in [0.25, 0.3) is 0 Å². The lowest BCUT2D eigenvalue weighted by atomic mass is 9.84. The summed E-state index contributed by atoms with van der Waals surface area (Å²) in [4.78, 5) is 20.3. The van der Waals surface area contributed by atoms with Gasteiger partial charge in [0.25, 0.3) is 17.0 Å². The number of hydrogen-bond acceptors (Lipinski definition) is 7. The van der Waals surface area contributed by atoms with E-state index in [4.69, 9.17) is 4.74 Å². The minimum Gasteiger partial charge on any atom is -0.464 e. The van der Waals surface area contributed by atoms with E-state index in [9.17, 15) is 13.6 Å². The molecule has 1 aliphatic heterocycles. The molecule has 7 nitrogen and oxygen atoms in total. The van der Waals surface area contributed by atoms with E-state index >= 15 is 0 Å². The number of nitrogens with zero attached hydrogens (tertiary/aromatic N) is 4. The van der Waals surface area contributed by atoms with Gasteiger partial charge in [-0.1, -0.05) is 11.3 Å². The Hall–Kier alpha value is -2.20. The summed E-state index contributed by atoms with van der Waals surface area (Å²) < 4.78 is 31.2. The van der Waals surface area contributed by atoms with Crippen molar-refractivity contribution in [3.8, 4) is 5.19 Å². The van der Waals surface area contributed by atoms with Crippen LogP contribution in [-0.4, -0.2) is 57.6 Å². The molecule has 0 aromatic carbocycles. The number of thiazole rings is 1. The summed E-state index contributed by atoms with van der Waals surface area (Å²) in [6.45, 7) is 2.94. The van der Waals surface area contributed by atoms with Crippen molar-refractivity contribution in [2.75, 3.05) is 19.7 Å². The second kappa shape index (κ2) is 10.2. The molecule has 2 aromatic rings. The zero-order chi connectivity index (χ0) is 22.6. The predicted octanol–water partition coefficient (Wildman–Crippen LogP) is 3.70. The van der Waals surface area contributed by atoms with Gasteiger partial charge in [-0.25, -0.2) is 13.8 Å². The maximum Gasteiger partial charge on any atom is 0.278 e. The van der Waals surface area contributed by atoms with Crippen LogP contribution in [0.5, 0.6) is 5.19 Å². The van der Waals surface area contributed by atoms with E-state index < -0.39 is 12.5 Å². The van der Waals surface area contributed by atoms with Gasteiger partial charge in [0.05, 0.1) is 23.7 Å². The quantitative estimate of drug-likeness (QED) is 0.640. The summed E-state index contributed by atoms with van der Waals surface area (Å²) in [7, 11) is 0. The fourth-order valence-corrected chi connectivity index (χ4v) is 5.23. The van der Waals surface area contributed by atoms with Crippen LogP contribution in [0, 0.1) is 5.92 Å². The second-order valence-electron chi connectivity index (χ2n) is 8.85. The molecule has 1 amide bonds. The topological polar surface area (TPSA) is 80.2 Å². The van der Waals surface area contributed by atoms with Crippen LogP contribution in [0.15, 0.2) is 18.5 Å². The number of nitrogens with one attached hydrogen (secondary N) is 1. The smallest absolute Gasteiger partial charge is 0.278 e. The molecule has 1 aliphatic carbocycles. The van der Waals surface area contributed by atoms with Gasteiger partial charge in [0.2, 0.25) is 0 Å². The number of amides is 1. The minimum atomic E-state index is -2.85. The van der Waals surface area contributed by atoms with Gasteiger partial charge < -0.3 is 10.1 Å². The Morgan fingerprint density at radius 1 is 1.31 bits per heavy atom. The number of fused-ring (bicyclic) bond motifs is 1. The molecular weight excluding hydrogens is 436 g/mol. The number of aromatic nitrogens is 3. The van der Waals surface area contributed by atoms with Crippen molar-refractivity contribution < 1.29 is 18.3 Å². The third kappa shape index (κ3) is 6.41. The third-order valence-electron chi connectivity index (χ3n) is 6.12. The molecule has 0 bridgehead atoms. The lowest BCUT2D eigenvalue weighted by Gasteiger charge is -2.32. The van der Waals surface area contributed by atoms with E-state index in [1.165, 1.54) is 23.7 Å². The van der Waals surface area contributed by atoms with Gasteiger partial charge >= 0.3 is 0 Å². The van der Waals surface area contributed by atoms with Gasteiger partial charge in [0.15, 0.2) is 6.61 Å². The molecule has 4 rings (SSSR count). The van der Waals surface area contributed by atoms with E-state index in [1.807, 2.05) is 0 Å². The van der Waals surface area contributed by atoms with Crippen molar-refractivity contribution in [2.45, 2.75) is 64.0 Å². The molecule has 10 heteroatoms. The Labute approximate surface area is 190 Å². The third-order valence-corrected chi connectivity index (χ3v) is 7.19. The van der Waals surface area contributed by atoms with E-state index in [0.717, 1.165) is 75.7 Å². The van der Waals surface area contributed by atoms with Crippen molar-refractivity contribution in [1.29, 1.82) is 0 Å². The van der Waals surface area contributed by atoms with Crippen molar-refractivity contribution in [3.63, 3.8) is 0 Å². The first-order valence-corrected chi connectivity index (χ1v) is 12.0. The first-order valence-electron chi connectivity index (χ1n) is 11.1. The van der Waals surface area contributed by atoms with Gasteiger partial charge in [-0.3, -0.25) is 9.69 Å². The highest BCUT2D eigenvalue weighted by Crippen LogP contribution is 2.32. The molecule has 1 saturated carbocycles. The first-order chi connectivity index (χ1) is 15.4. The van der Waals surface area contributed by atoms with Crippen LogP contribution in [0.2, 0.25) is 0 Å². The van der Waals surface area contributed by atoms with E-state index in [2.05, 4.69) is 25.4 Å². The molecule has 32 heavy (non-hydrogen) atoms. The summed E-state index contributed by atoms with van der Waals surface area (Å²) in [5.74, 6) is -2.27. The number of carbonyl (C=O) groups is 1. The Morgan fingerprint density at radius 2 is 2.12 bits per heavy atom. The maximum atomic E-state index is 13.0. The molecule has 174 valence electrons. The van der Waals surface area contributed by atoms with Gasteiger partial charge in [-0.05, 0) is 57.1 Å². The number of halogens is 2. The highest BCUT2D eigenvalue weighted by Gasteiger charge is 2.27. The fraction of sp³-hybridized carbons (Fsp3) is 0.636. The maximum absolute atomic E-state index is 13.0. The first kappa shape index (κ1) is 23.0. The highest BCUT2D eigenvalue weighted by molar-refractivity contribution is 7.13. The number of rotatable bonds is 8. The summed E-state index contributed by atoms with van der Waals surface area (Å²) in [6, 6.07) is 1.89. The van der Waals surface area contributed by atoms with Crippen LogP contribution in [0.4, 0.5) is 8.78 Å². The molecule has 1 N–H and O–H groups in total. The van der Waals surface area contributed by atoms with E-state index in [0.29, 0.717) is 16.7 Å². The normalized spacial score (nSPS) is 21.7. The van der Waals surface area contributed by atoms with Gasteiger partial charge in [-0.2, -0.15) is 10.2 Å². The fourth-order valence-electron chi connectivity index (χ4n) is 4.32. The molecule has 2 aliphatic rings. The summed E-state index contributed by atoms with van der Waals surface area (Å²) in [5, 5.41) is 10.9. The molecule has 0 unspecified atom stereocenters. The van der Waals surface area contributed by atoms with Gasteiger partial charge in [0, 0.05) is 30.9 Å². The Kier molecular flexibility index (Phi) is 7.30. The summed E-state index contributed by atoms with van der Waals surface area (Å²) >= 11 is 1.39. The molecule has 2 aromatic heterocycles. The summed E-state index contributed by atoms with van der Waals surface area (Å²) in [6.07, 6.45) is 9.24. The molecule has 1 fully saturated rings. The van der Waals surface area contributed by atoms with E-state index in [-0.39, 0.29) is 11.9 Å². The zero-order valence-corrected chi connectivity index (χ0v) is 19.0. The Balaban J connectivity index is 1.17. The van der Waals surface area contributed by atoms with E-state index in [1.54, 1.807) is 6.07 Å². The SMILES string of the molecule is CC(F)(F)COc1nc2c(s1)CCN(CCC1CCC(NC(=O)c3ccnnc3)CC1)C2. The predicted molar refractivity (Wildman–Crippen MR) is 117 cm³/mol. The summed E-state index contributed by atoms with van der Waals surface area (Å²) in [5.41, 5.74) is 1.51. The molecule has 3 heterocycles. The minimum absolute atomic E-state index is 0.0817. The van der Waals surface area contributed by atoms with Crippen LogP contribution < -0.4 is 10.1 Å². The van der Waals surface area contributed by atoms with Crippen molar-refractivity contribution in [2.24, 2.45) is 5.92 Å². The van der Waals surface area contributed by atoms with Crippen LogP contribution in [-0.2, 0) is 13.0 Å². The van der Waals surface area contributed by atoms with Crippen molar-refractivity contribution in [1.82, 2.24) is 25.4 Å². The number of hydrogen-bond donors (Lipinski definition) is 1. The Bertz CT molecular complexity index is 897. The van der Waals surface area contributed by atoms with Crippen LogP contribution in [0.3, 0.4) is 0 Å².